The lowest BCUT2D eigenvalue weighted by Crippen LogP contribution is -2.11. The van der Waals surface area contributed by atoms with Gasteiger partial charge in [-0.05, 0) is 12.1 Å². The van der Waals surface area contributed by atoms with Gasteiger partial charge in [0, 0.05) is 24.3 Å². The van der Waals surface area contributed by atoms with Gasteiger partial charge in [0.15, 0.2) is 0 Å². The highest BCUT2D eigenvalue weighted by molar-refractivity contribution is 6.30. The molecule has 1 aromatic carbocycles. The van der Waals surface area contributed by atoms with Crippen LogP contribution >= 0.6 is 11.6 Å². The van der Waals surface area contributed by atoms with Gasteiger partial charge in [0.1, 0.15) is 23.4 Å². The van der Waals surface area contributed by atoms with Crippen LogP contribution in [0.25, 0.3) is 0 Å². The Morgan fingerprint density at radius 2 is 2.11 bits per heavy atom. The zero-order valence-corrected chi connectivity index (χ0v) is 10.0. The van der Waals surface area contributed by atoms with Gasteiger partial charge in [-0.1, -0.05) is 11.6 Å². The quantitative estimate of drug-likeness (QED) is 0.474. The van der Waals surface area contributed by atoms with E-state index in [0.29, 0.717) is 0 Å². The number of nitrogens with zero attached hydrogens (tertiary/aromatic N) is 4. The van der Waals surface area contributed by atoms with Crippen LogP contribution in [0.15, 0.2) is 30.0 Å². The molecule has 0 radical (unpaired) electrons. The summed E-state index contributed by atoms with van der Waals surface area (Å²) in [6.07, 6.45) is 1.22. The van der Waals surface area contributed by atoms with Gasteiger partial charge in [-0.3, -0.25) is 10.1 Å². The first-order valence-electron chi connectivity index (χ1n) is 4.68. The lowest BCUT2D eigenvalue weighted by atomic mass is 10.2. The molecule has 0 aliphatic heterocycles. The number of anilines is 1. The van der Waals surface area contributed by atoms with E-state index in [0.717, 1.165) is 0 Å². The van der Waals surface area contributed by atoms with Crippen molar-refractivity contribution in [3.05, 3.63) is 45.1 Å². The van der Waals surface area contributed by atoms with E-state index in [2.05, 4.69) is 0 Å². The van der Waals surface area contributed by atoms with E-state index in [-0.39, 0.29) is 22.0 Å². The number of benzene rings is 1. The summed E-state index contributed by atoms with van der Waals surface area (Å²) < 4.78 is 0. The lowest BCUT2D eigenvalue weighted by Gasteiger charge is -2.14. The predicted octanol–water partition coefficient (Wildman–Crippen LogP) is 2.62. The number of hydrogen-bond donors (Lipinski definition) is 0. The average molecular weight is 263 g/mol. The number of rotatable bonds is 3. The SMILES string of the molecule is CN(C=C(C#N)C#N)c1ccc(Cl)cc1[N+](=O)[O-]. The lowest BCUT2D eigenvalue weighted by molar-refractivity contribution is -0.384. The number of nitriles is 2. The standard InChI is InChI=1S/C11H7ClN4O2/c1-15(7-8(5-13)6-14)10-3-2-9(12)4-11(10)16(17)18/h2-4,7H,1H3. The molecule has 0 unspecified atom stereocenters. The van der Waals surface area contributed by atoms with E-state index >= 15 is 0 Å². The van der Waals surface area contributed by atoms with Gasteiger partial charge in [-0.25, -0.2) is 0 Å². The molecule has 0 fully saturated rings. The Kier molecular flexibility index (Phi) is 4.25. The third-order valence-corrected chi connectivity index (χ3v) is 2.31. The maximum Gasteiger partial charge on any atom is 0.294 e. The second-order valence-electron chi connectivity index (χ2n) is 3.27. The van der Waals surface area contributed by atoms with Gasteiger partial charge in [0.25, 0.3) is 5.69 Å². The van der Waals surface area contributed by atoms with E-state index in [1.165, 1.54) is 36.3 Å². The van der Waals surface area contributed by atoms with E-state index < -0.39 is 4.92 Å². The minimum Gasteiger partial charge on any atom is -0.343 e. The van der Waals surface area contributed by atoms with Crippen LogP contribution in [0.2, 0.25) is 5.02 Å². The summed E-state index contributed by atoms with van der Waals surface area (Å²) in [5, 5.41) is 28.4. The first-order valence-corrected chi connectivity index (χ1v) is 5.06. The van der Waals surface area contributed by atoms with E-state index in [1.54, 1.807) is 12.1 Å². The Hall–Kier alpha value is -2.57. The molecule has 7 heteroatoms. The molecule has 1 aromatic rings. The van der Waals surface area contributed by atoms with Crippen LogP contribution in [0, 0.1) is 32.8 Å². The maximum atomic E-state index is 10.9. The Balaban J connectivity index is 3.27. The summed E-state index contributed by atoms with van der Waals surface area (Å²) in [6.45, 7) is 0. The summed E-state index contributed by atoms with van der Waals surface area (Å²) >= 11 is 5.68. The fraction of sp³-hybridized carbons (Fsp3) is 0.0909. The van der Waals surface area contributed by atoms with Crippen molar-refractivity contribution in [1.29, 1.82) is 10.5 Å². The topological polar surface area (TPSA) is 94.0 Å². The molecule has 0 spiro atoms. The molecule has 1 rings (SSSR count). The van der Waals surface area contributed by atoms with E-state index in [9.17, 15) is 10.1 Å². The Bertz CT molecular complexity index is 582. The van der Waals surface area contributed by atoms with Crippen LogP contribution in [0.4, 0.5) is 11.4 Å². The van der Waals surface area contributed by atoms with Crippen LogP contribution in [0.5, 0.6) is 0 Å². The van der Waals surface area contributed by atoms with Gasteiger partial charge >= 0.3 is 0 Å². The fourth-order valence-electron chi connectivity index (χ4n) is 1.29. The first-order chi connectivity index (χ1) is 8.49. The number of nitro benzene ring substituents is 1. The van der Waals surface area contributed by atoms with Gasteiger partial charge in [-0.15, -0.1) is 0 Å². The predicted molar refractivity (Wildman–Crippen MR) is 65.8 cm³/mol. The monoisotopic (exact) mass is 262 g/mol. The zero-order valence-electron chi connectivity index (χ0n) is 9.29. The zero-order chi connectivity index (χ0) is 13.7. The van der Waals surface area contributed by atoms with Gasteiger partial charge in [-0.2, -0.15) is 10.5 Å². The summed E-state index contributed by atoms with van der Waals surface area (Å²) in [5.41, 5.74) is -0.106. The highest BCUT2D eigenvalue weighted by atomic mass is 35.5. The molecule has 0 aliphatic carbocycles. The molecule has 0 bridgehead atoms. The van der Waals surface area contributed by atoms with Gasteiger partial charge in [0.05, 0.1) is 4.92 Å². The second kappa shape index (κ2) is 5.67. The molecule has 0 aromatic heterocycles. The van der Waals surface area contributed by atoms with Crippen LogP contribution in [0.3, 0.4) is 0 Å². The minimum atomic E-state index is -0.579. The van der Waals surface area contributed by atoms with Gasteiger partial charge in [0.2, 0.25) is 0 Å². The number of hydrogen-bond acceptors (Lipinski definition) is 5. The Morgan fingerprint density at radius 1 is 1.50 bits per heavy atom. The van der Waals surface area contributed by atoms with Crippen LogP contribution in [0.1, 0.15) is 0 Å². The number of halogens is 1. The van der Waals surface area contributed by atoms with E-state index in [1.807, 2.05) is 0 Å². The summed E-state index contributed by atoms with van der Waals surface area (Å²) in [6, 6.07) is 7.50. The van der Waals surface area contributed by atoms with Crippen molar-refractivity contribution in [2.24, 2.45) is 0 Å². The third kappa shape index (κ3) is 2.97. The minimum absolute atomic E-state index is 0.151. The fourth-order valence-corrected chi connectivity index (χ4v) is 1.45. The van der Waals surface area contributed by atoms with Crippen molar-refractivity contribution in [2.75, 3.05) is 11.9 Å². The maximum absolute atomic E-state index is 10.9. The van der Waals surface area contributed by atoms with Crippen molar-refractivity contribution >= 4 is 23.0 Å². The van der Waals surface area contributed by atoms with Crippen LogP contribution in [-0.2, 0) is 0 Å². The molecule has 0 saturated carbocycles. The molecule has 18 heavy (non-hydrogen) atoms. The van der Waals surface area contributed by atoms with Crippen LogP contribution < -0.4 is 4.90 Å². The molecule has 0 heterocycles. The Morgan fingerprint density at radius 3 is 2.61 bits per heavy atom. The smallest absolute Gasteiger partial charge is 0.294 e. The highest BCUT2D eigenvalue weighted by Crippen LogP contribution is 2.30. The van der Waals surface area contributed by atoms with Crippen molar-refractivity contribution in [3.63, 3.8) is 0 Å². The molecule has 0 saturated heterocycles. The van der Waals surface area contributed by atoms with Crippen LogP contribution in [-0.4, -0.2) is 12.0 Å². The van der Waals surface area contributed by atoms with E-state index in [4.69, 9.17) is 22.1 Å². The molecule has 0 atom stereocenters. The van der Waals surface area contributed by atoms with Gasteiger partial charge < -0.3 is 4.90 Å². The molecule has 6 nitrogen and oxygen atoms in total. The summed E-state index contributed by atoms with van der Waals surface area (Å²) in [4.78, 5) is 11.6. The van der Waals surface area contributed by atoms with Crippen molar-refractivity contribution in [2.45, 2.75) is 0 Å². The molecule has 0 amide bonds. The molecular formula is C11H7ClN4O2. The van der Waals surface area contributed by atoms with Crippen molar-refractivity contribution in [3.8, 4) is 12.1 Å². The summed E-state index contributed by atoms with van der Waals surface area (Å²) in [5.74, 6) is 0. The molecular weight excluding hydrogens is 256 g/mol. The molecule has 90 valence electrons. The molecule has 0 aliphatic rings. The normalized spacial score (nSPS) is 8.89. The van der Waals surface area contributed by atoms with Crippen molar-refractivity contribution in [1.82, 2.24) is 0 Å². The van der Waals surface area contributed by atoms with Crippen molar-refractivity contribution < 1.29 is 4.92 Å². The number of nitro groups is 1. The highest BCUT2D eigenvalue weighted by Gasteiger charge is 2.17. The average Bonchev–Trinajstić information content (AvgIpc) is 2.35. The summed E-state index contributed by atoms with van der Waals surface area (Å²) in [7, 11) is 1.50. The molecule has 0 N–H and O–H groups in total. The third-order valence-electron chi connectivity index (χ3n) is 2.08. The Labute approximate surface area is 108 Å². The largest absolute Gasteiger partial charge is 0.343 e. The number of allylic oxidation sites excluding steroid dienone is 1. The second-order valence-corrected chi connectivity index (χ2v) is 3.70. The first kappa shape index (κ1) is 13.5.